The molecule has 0 aromatic heterocycles. The second kappa shape index (κ2) is 6.86. The Hall–Kier alpha value is -1.16. The van der Waals surface area contributed by atoms with Crippen molar-refractivity contribution in [1.82, 2.24) is 4.90 Å². The largest absolute Gasteiger partial charge is 0.495 e. The minimum atomic E-state index is -3.86. The van der Waals surface area contributed by atoms with Gasteiger partial charge in [-0.05, 0) is 24.6 Å². The van der Waals surface area contributed by atoms with Crippen molar-refractivity contribution in [3.05, 3.63) is 23.8 Å². The number of nitrogens with zero attached hydrogens (tertiary/aromatic N) is 1. The third-order valence-electron chi connectivity index (χ3n) is 4.81. The van der Waals surface area contributed by atoms with E-state index in [9.17, 15) is 16.8 Å². The van der Waals surface area contributed by atoms with Crippen LogP contribution in [0.15, 0.2) is 23.1 Å². The first kappa shape index (κ1) is 18.6. The van der Waals surface area contributed by atoms with E-state index in [2.05, 4.69) is 0 Å². The van der Waals surface area contributed by atoms with Crippen molar-refractivity contribution >= 4 is 19.7 Å². The van der Waals surface area contributed by atoms with Gasteiger partial charge in [-0.25, -0.2) is 16.8 Å². The molecule has 2 saturated heterocycles. The smallest absolute Gasteiger partial charge is 0.187 e. The zero-order chi connectivity index (χ0) is 18.2. The average molecular weight is 389 g/mol. The van der Waals surface area contributed by atoms with Crippen LogP contribution in [0.4, 0.5) is 0 Å². The summed E-state index contributed by atoms with van der Waals surface area (Å²) in [5, 5.41) is -0.994. The SMILES string of the molecule is COc1ccc(C)cc1S(=O)(=O)[C@@H]1CS(=O)(=O)C[C@H]1N1CCOCC1. The fourth-order valence-corrected chi connectivity index (χ4v) is 8.59. The molecule has 0 radical (unpaired) electrons. The molecule has 2 aliphatic heterocycles. The van der Waals surface area contributed by atoms with E-state index < -0.39 is 31.0 Å². The highest BCUT2D eigenvalue weighted by Gasteiger charge is 2.49. The van der Waals surface area contributed by atoms with Gasteiger partial charge in [0.05, 0.1) is 37.1 Å². The van der Waals surface area contributed by atoms with Gasteiger partial charge in [-0.1, -0.05) is 6.07 Å². The molecule has 9 heteroatoms. The molecule has 2 fully saturated rings. The monoisotopic (exact) mass is 389 g/mol. The summed E-state index contributed by atoms with van der Waals surface area (Å²) in [5.41, 5.74) is 0.781. The molecular weight excluding hydrogens is 366 g/mol. The van der Waals surface area contributed by atoms with Gasteiger partial charge in [-0.2, -0.15) is 0 Å². The first-order valence-corrected chi connectivity index (χ1v) is 11.5. The van der Waals surface area contributed by atoms with Crippen molar-refractivity contribution in [2.45, 2.75) is 23.1 Å². The second-order valence-corrected chi connectivity index (χ2v) is 10.8. The summed E-state index contributed by atoms with van der Waals surface area (Å²) in [6, 6.07) is 4.37. The highest BCUT2D eigenvalue weighted by atomic mass is 32.2. The third kappa shape index (κ3) is 3.69. The predicted octanol–water partition coefficient (Wildman–Crippen LogP) is 0.275. The van der Waals surface area contributed by atoms with E-state index in [4.69, 9.17) is 9.47 Å². The molecule has 2 heterocycles. The Balaban J connectivity index is 2.03. The molecule has 0 unspecified atom stereocenters. The molecule has 0 bridgehead atoms. The molecule has 2 aliphatic rings. The van der Waals surface area contributed by atoms with E-state index in [1.807, 2.05) is 4.90 Å². The Morgan fingerprint density at radius 2 is 1.88 bits per heavy atom. The maximum atomic E-state index is 13.3. The summed E-state index contributed by atoms with van der Waals surface area (Å²) >= 11 is 0. The fraction of sp³-hybridized carbons (Fsp3) is 0.625. The maximum absolute atomic E-state index is 13.3. The molecule has 25 heavy (non-hydrogen) atoms. The van der Waals surface area contributed by atoms with Crippen molar-refractivity contribution in [1.29, 1.82) is 0 Å². The Morgan fingerprint density at radius 1 is 1.20 bits per heavy atom. The average Bonchev–Trinajstić information content (AvgIpc) is 2.92. The van der Waals surface area contributed by atoms with Gasteiger partial charge in [0.25, 0.3) is 0 Å². The lowest BCUT2D eigenvalue weighted by Crippen LogP contribution is -2.50. The molecule has 0 N–H and O–H groups in total. The van der Waals surface area contributed by atoms with Crippen molar-refractivity contribution in [2.75, 3.05) is 44.9 Å². The first-order valence-electron chi connectivity index (χ1n) is 8.15. The lowest BCUT2D eigenvalue weighted by molar-refractivity contribution is 0.0222. The van der Waals surface area contributed by atoms with Crippen LogP contribution in [0.25, 0.3) is 0 Å². The summed E-state index contributed by atoms with van der Waals surface area (Å²) in [5.74, 6) is -0.241. The quantitative estimate of drug-likeness (QED) is 0.730. The van der Waals surface area contributed by atoms with Crippen molar-refractivity contribution in [3.8, 4) is 5.75 Å². The van der Waals surface area contributed by atoms with Crippen LogP contribution < -0.4 is 4.74 Å². The zero-order valence-corrected chi connectivity index (χ0v) is 16.0. The molecular formula is C16H23NO6S2. The zero-order valence-electron chi connectivity index (χ0n) is 14.3. The Labute approximate surface area is 148 Å². The molecule has 1 aromatic rings. The van der Waals surface area contributed by atoms with Gasteiger partial charge in [0, 0.05) is 19.1 Å². The van der Waals surface area contributed by atoms with E-state index in [-0.39, 0.29) is 22.2 Å². The second-order valence-electron chi connectivity index (χ2n) is 6.53. The van der Waals surface area contributed by atoms with Crippen LogP contribution in [0.3, 0.4) is 0 Å². The minimum Gasteiger partial charge on any atom is -0.495 e. The molecule has 1 aromatic carbocycles. The van der Waals surface area contributed by atoms with E-state index in [1.54, 1.807) is 25.1 Å². The highest BCUT2D eigenvalue weighted by molar-refractivity contribution is 7.96. The lowest BCUT2D eigenvalue weighted by Gasteiger charge is -2.34. The van der Waals surface area contributed by atoms with Crippen LogP contribution in [0.2, 0.25) is 0 Å². The van der Waals surface area contributed by atoms with Gasteiger partial charge in [-0.3, -0.25) is 4.90 Å². The number of rotatable bonds is 4. The normalized spacial score (nSPS) is 27.3. The molecule has 0 amide bonds. The van der Waals surface area contributed by atoms with Gasteiger partial charge in [0.1, 0.15) is 10.6 Å². The van der Waals surface area contributed by atoms with Crippen LogP contribution in [0.1, 0.15) is 5.56 Å². The Kier molecular flexibility index (Phi) is 5.11. The number of hydrogen-bond donors (Lipinski definition) is 0. The topological polar surface area (TPSA) is 90.0 Å². The predicted molar refractivity (Wildman–Crippen MR) is 93.5 cm³/mol. The van der Waals surface area contributed by atoms with E-state index in [0.717, 1.165) is 5.56 Å². The van der Waals surface area contributed by atoms with Crippen molar-refractivity contribution < 1.29 is 26.3 Å². The van der Waals surface area contributed by atoms with E-state index >= 15 is 0 Å². The van der Waals surface area contributed by atoms with Gasteiger partial charge in [0.2, 0.25) is 0 Å². The number of methoxy groups -OCH3 is 1. The van der Waals surface area contributed by atoms with Gasteiger partial charge < -0.3 is 9.47 Å². The first-order chi connectivity index (χ1) is 11.7. The number of hydrogen-bond acceptors (Lipinski definition) is 7. The van der Waals surface area contributed by atoms with Crippen LogP contribution in [0, 0.1) is 6.92 Å². The summed E-state index contributed by atoms with van der Waals surface area (Å²) in [6.45, 7) is 3.84. The third-order valence-corrected chi connectivity index (χ3v) is 8.95. The molecule has 2 atom stereocenters. The summed E-state index contributed by atoms with van der Waals surface area (Å²) in [4.78, 5) is 1.99. The maximum Gasteiger partial charge on any atom is 0.187 e. The van der Waals surface area contributed by atoms with Crippen molar-refractivity contribution in [3.63, 3.8) is 0 Å². The number of aryl methyl sites for hydroxylation is 1. The molecule has 3 rings (SSSR count). The molecule has 0 saturated carbocycles. The molecule has 0 spiro atoms. The lowest BCUT2D eigenvalue weighted by atomic mass is 10.2. The van der Waals surface area contributed by atoms with Crippen LogP contribution >= 0.6 is 0 Å². The summed E-state index contributed by atoms with van der Waals surface area (Å²) in [6.07, 6.45) is 0. The van der Waals surface area contributed by atoms with Gasteiger partial charge in [0.15, 0.2) is 19.7 Å². The van der Waals surface area contributed by atoms with E-state index in [0.29, 0.717) is 26.3 Å². The van der Waals surface area contributed by atoms with Gasteiger partial charge in [-0.15, -0.1) is 0 Å². The van der Waals surface area contributed by atoms with Crippen LogP contribution in [-0.2, 0) is 24.4 Å². The number of ether oxygens (including phenoxy) is 2. The Morgan fingerprint density at radius 3 is 2.52 bits per heavy atom. The minimum absolute atomic E-state index is 0.0651. The Bertz CT molecular complexity index is 843. The molecule has 7 nitrogen and oxygen atoms in total. The number of sulfone groups is 2. The van der Waals surface area contributed by atoms with E-state index in [1.165, 1.54) is 7.11 Å². The fourth-order valence-electron chi connectivity index (χ4n) is 3.51. The highest BCUT2D eigenvalue weighted by Crippen LogP contribution is 2.34. The molecule has 140 valence electrons. The van der Waals surface area contributed by atoms with Crippen LogP contribution in [0.5, 0.6) is 5.75 Å². The molecule has 0 aliphatic carbocycles. The standard InChI is InChI=1S/C16H23NO6S2/c1-12-3-4-14(22-2)15(9-12)25(20,21)16-11-24(18,19)10-13(16)17-5-7-23-8-6-17/h3-4,9,13,16H,5-8,10-11H2,1-2H3/t13-,16-/m1/s1. The summed E-state index contributed by atoms with van der Waals surface area (Å²) in [7, 11) is -5.87. The van der Waals surface area contributed by atoms with Crippen molar-refractivity contribution in [2.24, 2.45) is 0 Å². The number of benzene rings is 1. The summed E-state index contributed by atoms with van der Waals surface area (Å²) < 4.78 is 61.6. The number of morpholine rings is 1. The van der Waals surface area contributed by atoms with Gasteiger partial charge >= 0.3 is 0 Å². The van der Waals surface area contributed by atoms with Crippen LogP contribution in [-0.4, -0.2) is 77.9 Å².